The van der Waals surface area contributed by atoms with Crippen molar-refractivity contribution in [3.63, 3.8) is 0 Å². The van der Waals surface area contributed by atoms with Crippen molar-refractivity contribution in [2.75, 3.05) is 0 Å². The lowest BCUT2D eigenvalue weighted by molar-refractivity contribution is 0.0693. The molecule has 5 heteroatoms. The SMILES string of the molecule is O=C(O)c1cc(Br)ccc1Sc1cc2ccccc2[nH]1. The number of hydrogen-bond acceptors (Lipinski definition) is 2. The molecule has 0 saturated carbocycles. The van der Waals surface area contributed by atoms with Crippen LogP contribution in [0, 0.1) is 0 Å². The molecule has 2 N–H and O–H groups in total. The molecule has 1 heterocycles. The van der Waals surface area contributed by atoms with Crippen molar-refractivity contribution in [2.45, 2.75) is 9.92 Å². The highest BCUT2D eigenvalue weighted by atomic mass is 79.9. The van der Waals surface area contributed by atoms with E-state index in [0.717, 1.165) is 20.4 Å². The van der Waals surface area contributed by atoms with Crippen molar-refractivity contribution in [1.29, 1.82) is 0 Å². The Labute approximate surface area is 128 Å². The number of rotatable bonds is 3. The van der Waals surface area contributed by atoms with Gasteiger partial charge in [0.25, 0.3) is 0 Å². The number of carbonyl (C=O) groups is 1. The van der Waals surface area contributed by atoms with Gasteiger partial charge in [0.2, 0.25) is 0 Å². The molecule has 3 rings (SSSR count). The minimum atomic E-state index is -0.926. The monoisotopic (exact) mass is 347 g/mol. The third-order valence-electron chi connectivity index (χ3n) is 2.90. The van der Waals surface area contributed by atoms with Crippen LogP contribution in [0.4, 0.5) is 0 Å². The Hall–Kier alpha value is -1.72. The maximum absolute atomic E-state index is 11.3. The van der Waals surface area contributed by atoms with Gasteiger partial charge in [-0.2, -0.15) is 0 Å². The van der Waals surface area contributed by atoms with E-state index >= 15 is 0 Å². The fraction of sp³-hybridized carbons (Fsp3) is 0. The van der Waals surface area contributed by atoms with Crippen molar-refractivity contribution in [1.82, 2.24) is 4.98 Å². The predicted molar refractivity (Wildman–Crippen MR) is 83.5 cm³/mol. The second-order valence-electron chi connectivity index (χ2n) is 4.27. The molecule has 100 valence electrons. The topological polar surface area (TPSA) is 53.1 Å². The summed E-state index contributed by atoms with van der Waals surface area (Å²) < 4.78 is 0.760. The first kappa shape index (κ1) is 13.3. The van der Waals surface area contributed by atoms with Gasteiger partial charge in [-0.1, -0.05) is 45.9 Å². The van der Waals surface area contributed by atoms with E-state index in [0.29, 0.717) is 10.5 Å². The van der Waals surface area contributed by atoms with Crippen LogP contribution in [-0.2, 0) is 0 Å². The number of nitrogens with one attached hydrogen (secondary N) is 1. The lowest BCUT2D eigenvalue weighted by Crippen LogP contribution is -1.98. The zero-order valence-electron chi connectivity index (χ0n) is 10.3. The minimum Gasteiger partial charge on any atom is -0.478 e. The average Bonchev–Trinajstić information content (AvgIpc) is 2.82. The van der Waals surface area contributed by atoms with Crippen molar-refractivity contribution in [2.24, 2.45) is 0 Å². The number of carboxylic acids is 1. The summed E-state index contributed by atoms with van der Waals surface area (Å²) in [4.78, 5) is 15.3. The average molecular weight is 348 g/mol. The molecule has 20 heavy (non-hydrogen) atoms. The number of hydrogen-bond donors (Lipinski definition) is 2. The maximum atomic E-state index is 11.3. The second kappa shape index (κ2) is 5.34. The highest BCUT2D eigenvalue weighted by molar-refractivity contribution is 9.10. The summed E-state index contributed by atoms with van der Waals surface area (Å²) in [6.45, 7) is 0. The van der Waals surface area contributed by atoms with Crippen LogP contribution in [0.5, 0.6) is 0 Å². The number of para-hydroxylation sites is 1. The Morgan fingerprint density at radius 1 is 1.15 bits per heavy atom. The molecule has 3 aromatic rings. The van der Waals surface area contributed by atoms with Crippen LogP contribution in [-0.4, -0.2) is 16.1 Å². The Morgan fingerprint density at radius 3 is 2.70 bits per heavy atom. The zero-order valence-corrected chi connectivity index (χ0v) is 12.7. The van der Waals surface area contributed by atoms with Crippen molar-refractivity contribution >= 4 is 44.6 Å². The van der Waals surface area contributed by atoms with E-state index in [1.807, 2.05) is 42.5 Å². The molecule has 0 amide bonds. The Morgan fingerprint density at radius 2 is 1.95 bits per heavy atom. The Kier molecular flexibility index (Phi) is 3.54. The number of benzene rings is 2. The highest BCUT2D eigenvalue weighted by Crippen LogP contribution is 2.33. The molecule has 0 aliphatic heterocycles. The van der Waals surface area contributed by atoms with Gasteiger partial charge >= 0.3 is 5.97 Å². The van der Waals surface area contributed by atoms with E-state index in [2.05, 4.69) is 20.9 Å². The van der Waals surface area contributed by atoms with Crippen LogP contribution in [0.3, 0.4) is 0 Å². The first-order chi connectivity index (χ1) is 9.63. The predicted octanol–water partition coefficient (Wildman–Crippen LogP) is 4.78. The highest BCUT2D eigenvalue weighted by Gasteiger charge is 2.12. The number of carboxylic acid groups (broad SMARTS) is 1. The van der Waals surface area contributed by atoms with E-state index in [-0.39, 0.29) is 0 Å². The number of H-pyrrole nitrogens is 1. The fourth-order valence-electron chi connectivity index (χ4n) is 1.98. The molecule has 2 aromatic carbocycles. The van der Waals surface area contributed by atoms with Crippen molar-refractivity contribution in [3.05, 3.63) is 58.6 Å². The van der Waals surface area contributed by atoms with E-state index in [9.17, 15) is 9.90 Å². The van der Waals surface area contributed by atoms with Crippen LogP contribution < -0.4 is 0 Å². The lowest BCUT2D eigenvalue weighted by atomic mass is 10.2. The Bertz CT molecular complexity index is 764. The Balaban J connectivity index is 2.00. The molecule has 1 aromatic heterocycles. The molecule has 3 nitrogen and oxygen atoms in total. The first-order valence-corrected chi connectivity index (χ1v) is 7.53. The van der Waals surface area contributed by atoms with Crippen molar-refractivity contribution < 1.29 is 9.90 Å². The quantitative estimate of drug-likeness (QED) is 0.716. The summed E-state index contributed by atoms with van der Waals surface area (Å²) in [6.07, 6.45) is 0. The van der Waals surface area contributed by atoms with E-state index in [1.54, 1.807) is 6.07 Å². The summed E-state index contributed by atoms with van der Waals surface area (Å²) in [5.74, 6) is -0.926. The molecule has 0 saturated heterocycles. The van der Waals surface area contributed by atoms with E-state index < -0.39 is 5.97 Å². The number of aromatic nitrogens is 1. The summed E-state index contributed by atoms with van der Waals surface area (Å²) in [6, 6.07) is 15.3. The van der Waals surface area contributed by atoms with E-state index in [1.165, 1.54) is 11.8 Å². The summed E-state index contributed by atoms with van der Waals surface area (Å²) in [5.41, 5.74) is 1.34. The van der Waals surface area contributed by atoms with Gasteiger partial charge in [0.05, 0.1) is 10.6 Å². The summed E-state index contributed by atoms with van der Waals surface area (Å²) in [7, 11) is 0. The van der Waals surface area contributed by atoms with Gasteiger partial charge in [-0.05, 0) is 30.3 Å². The number of aromatic carboxylic acids is 1. The smallest absolute Gasteiger partial charge is 0.336 e. The summed E-state index contributed by atoms with van der Waals surface area (Å²) >= 11 is 4.72. The van der Waals surface area contributed by atoms with Gasteiger partial charge in [0.15, 0.2) is 0 Å². The third-order valence-corrected chi connectivity index (χ3v) is 4.41. The van der Waals surface area contributed by atoms with Crippen LogP contribution in [0.15, 0.2) is 62.9 Å². The molecule has 0 unspecified atom stereocenters. The first-order valence-electron chi connectivity index (χ1n) is 5.92. The van der Waals surface area contributed by atoms with Gasteiger partial charge in [-0.15, -0.1) is 0 Å². The van der Waals surface area contributed by atoms with Crippen LogP contribution in [0.2, 0.25) is 0 Å². The van der Waals surface area contributed by atoms with Gasteiger partial charge in [-0.3, -0.25) is 0 Å². The largest absolute Gasteiger partial charge is 0.478 e. The number of halogens is 1. The normalized spacial score (nSPS) is 10.8. The molecule has 0 aliphatic carbocycles. The number of aromatic amines is 1. The van der Waals surface area contributed by atoms with E-state index in [4.69, 9.17) is 0 Å². The van der Waals surface area contributed by atoms with Gasteiger partial charge < -0.3 is 10.1 Å². The third kappa shape index (κ3) is 2.59. The van der Waals surface area contributed by atoms with Gasteiger partial charge in [-0.25, -0.2) is 4.79 Å². The fourth-order valence-corrected chi connectivity index (χ4v) is 3.32. The summed E-state index contributed by atoms with van der Waals surface area (Å²) in [5, 5.41) is 11.3. The second-order valence-corrected chi connectivity index (χ2v) is 6.27. The number of fused-ring (bicyclic) bond motifs is 1. The van der Waals surface area contributed by atoms with Crippen LogP contribution in [0.1, 0.15) is 10.4 Å². The molecule has 0 aliphatic rings. The maximum Gasteiger partial charge on any atom is 0.336 e. The molecule has 0 spiro atoms. The minimum absolute atomic E-state index is 0.294. The molecular weight excluding hydrogens is 338 g/mol. The van der Waals surface area contributed by atoms with Crippen LogP contribution >= 0.6 is 27.7 Å². The standard InChI is InChI=1S/C15H10BrNO2S/c16-10-5-6-13(11(8-10)15(18)19)20-14-7-9-3-1-2-4-12(9)17-14/h1-8,17H,(H,18,19). The molecule has 0 fully saturated rings. The van der Waals surface area contributed by atoms with Gasteiger partial charge in [0.1, 0.15) is 0 Å². The molecule has 0 radical (unpaired) electrons. The lowest BCUT2D eigenvalue weighted by Gasteiger charge is -2.04. The van der Waals surface area contributed by atoms with Gasteiger partial charge in [0, 0.05) is 20.3 Å². The molecular formula is C15H10BrNO2S. The van der Waals surface area contributed by atoms with Crippen LogP contribution in [0.25, 0.3) is 10.9 Å². The van der Waals surface area contributed by atoms with Crippen molar-refractivity contribution in [3.8, 4) is 0 Å². The zero-order chi connectivity index (χ0) is 14.1. The molecule has 0 bridgehead atoms. The molecule has 0 atom stereocenters.